The summed E-state index contributed by atoms with van der Waals surface area (Å²) in [6.45, 7) is 5.26. The second-order valence-corrected chi connectivity index (χ2v) is 6.44. The van der Waals surface area contributed by atoms with Gasteiger partial charge in [0.05, 0.1) is 12.6 Å². The summed E-state index contributed by atoms with van der Waals surface area (Å²) in [4.78, 5) is 29.5. The third-order valence-electron chi connectivity index (χ3n) is 4.52. The molecule has 132 valence electrons. The van der Waals surface area contributed by atoms with Crippen molar-refractivity contribution in [2.75, 3.05) is 6.61 Å². The summed E-state index contributed by atoms with van der Waals surface area (Å²) in [5, 5.41) is 2.81. The van der Waals surface area contributed by atoms with Crippen LogP contribution < -0.4 is 10.9 Å². The van der Waals surface area contributed by atoms with Gasteiger partial charge in [-0.3, -0.25) is 14.6 Å². The molecule has 1 N–H and O–H groups in total. The van der Waals surface area contributed by atoms with E-state index >= 15 is 0 Å². The zero-order valence-corrected chi connectivity index (χ0v) is 14.6. The summed E-state index contributed by atoms with van der Waals surface area (Å²) >= 11 is 0. The van der Waals surface area contributed by atoms with Crippen LogP contribution in [0.5, 0.6) is 0 Å². The van der Waals surface area contributed by atoms with Crippen molar-refractivity contribution in [1.82, 2.24) is 14.9 Å². The number of nitrogens with one attached hydrogen (secondary N) is 1. The van der Waals surface area contributed by atoms with E-state index < -0.39 is 0 Å². The molecule has 1 unspecified atom stereocenters. The first-order chi connectivity index (χ1) is 12.1. The average Bonchev–Trinajstić information content (AvgIpc) is 3.11. The minimum absolute atomic E-state index is 0.0467. The zero-order valence-electron chi connectivity index (χ0n) is 14.6. The number of hydrogen-bond acceptors (Lipinski definition) is 4. The molecule has 3 rings (SSSR count). The Kier molecular flexibility index (Phi) is 5.28. The van der Waals surface area contributed by atoms with Crippen molar-refractivity contribution in [1.29, 1.82) is 0 Å². The topological polar surface area (TPSA) is 73.2 Å². The van der Waals surface area contributed by atoms with Gasteiger partial charge in [0.25, 0.3) is 11.5 Å². The maximum Gasteiger partial charge on any atom is 0.263 e. The summed E-state index contributed by atoms with van der Waals surface area (Å²) in [7, 11) is 0. The molecule has 1 amide bonds. The molecular weight excluding hydrogens is 318 g/mol. The number of ether oxygens (including phenoxy) is 1. The van der Waals surface area contributed by atoms with Crippen LogP contribution in [0.25, 0.3) is 0 Å². The Morgan fingerprint density at radius 1 is 1.44 bits per heavy atom. The number of nitrogens with zero attached hydrogens (tertiary/aromatic N) is 2. The van der Waals surface area contributed by atoms with Crippen LogP contribution in [0, 0.1) is 13.8 Å². The van der Waals surface area contributed by atoms with Crippen molar-refractivity contribution in [3.63, 3.8) is 0 Å². The standard InChI is InChI=1S/C19H23N3O3/c1-13-9-14(2)22(12-16-6-4-8-25-16)19(24)17(13)18(23)21-11-15-5-3-7-20-10-15/h3,5,7,9-10,16H,4,6,8,11-12H2,1-2H3,(H,21,23). The molecule has 1 aliphatic rings. The van der Waals surface area contributed by atoms with E-state index in [4.69, 9.17) is 4.74 Å². The predicted molar refractivity (Wildman–Crippen MR) is 94.6 cm³/mol. The Morgan fingerprint density at radius 2 is 2.28 bits per heavy atom. The molecule has 0 radical (unpaired) electrons. The maximum atomic E-state index is 12.9. The van der Waals surface area contributed by atoms with Crippen LogP contribution in [0.1, 0.15) is 40.0 Å². The fraction of sp³-hybridized carbons (Fsp3) is 0.421. The van der Waals surface area contributed by atoms with E-state index in [0.717, 1.165) is 30.7 Å². The monoisotopic (exact) mass is 341 g/mol. The smallest absolute Gasteiger partial charge is 0.263 e. The largest absolute Gasteiger partial charge is 0.376 e. The Balaban J connectivity index is 1.82. The van der Waals surface area contributed by atoms with E-state index in [2.05, 4.69) is 10.3 Å². The zero-order chi connectivity index (χ0) is 17.8. The summed E-state index contributed by atoms with van der Waals surface area (Å²) in [5.41, 5.74) is 2.38. The molecule has 0 bridgehead atoms. The molecule has 0 saturated carbocycles. The van der Waals surface area contributed by atoms with E-state index in [0.29, 0.717) is 18.7 Å². The number of aryl methyl sites for hydroxylation is 2. The minimum atomic E-state index is -0.354. The molecular formula is C19H23N3O3. The number of rotatable bonds is 5. The van der Waals surface area contributed by atoms with Crippen molar-refractivity contribution in [2.45, 2.75) is 45.9 Å². The highest BCUT2D eigenvalue weighted by Gasteiger charge is 2.21. The second-order valence-electron chi connectivity index (χ2n) is 6.44. The molecule has 6 heteroatoms. The molecule has 1 fully saturated rings. The Bertz CT molecular complexity index is 809. The lowest BCUT2D eigenvalue weighted by Crippen LogP contribution is -2.36. The highest BCUT2D eigenvalue weighted by Crippen LogP contribution is 2.15. The molecule has 3 heterocycles. The van der Waals surface area contributed by atoms with E-state index in [9.17, 15) is 9.59 Å². The van der Waals surface area contributed by atoms with Crippen LogP contribution >= 0.6 is 0 Å². The second kappa shape index (κ2) is 7.61. The first-order valence-electron chi connectivity index (χ1n) is 8.56. The molecule has 0 aromatic carbocycles. The van der Waals surface area contributed by atoms with Gasteiger partial charge in [0.15, 0.2) is 0 Å². The van der Waals surface area contributed by atoms with Crippen LogP contribution in [-0.4, -0.2) is 28.2 Å². The lowest BCUT2D eigenvalue weighted by Gasteiger charge is -2.17. The number of amides is 1. The molecule has 0 aliphatic carbocycles. The minimum Gasteiger partial charge on any atom is -0.376 e. The van der Waals surface area contributed by atoms with E-state index in [-0.39, 0.29) is 23.1 Å². The molecule has 1 saturated heterocycles. The Hall–Kier alpha value is -2.47. The summed E-state index contributed by atoms with van der Waals surface area (Å²) < 4.78 is 7.29. The van der Waals surface area contributed by atoms with Crippen molar-refractivity contribution in [2.24, 2.45) is 0 Å². The number of carbonyl (C=O) groups is 1. The van der Waals surface area contributed by atoms with Crippen LogP contribution in [0.4, 0.5) is 0 Å². The van der Waals surface area contributed by atoms with E-state index in [1.165, 1.54) is 0 Å². The first-order valence-corrected chi connectivity index (χ1v) is 8.56. The SMILES string of the molecule is Cc1cc(C)n(CC2CCCO2)c(=O)c1C(=O)NCc1cccnc1. The first kappa shape index (κ1) is 17.4. The van der Waals surface area contributed by atoms with Gasteiger partial charge in [-0.1, -0.05) is 6.07 Å². The third-order valence-corrected chi connectivity index (χ3v) is 4.52. The maximum absolute atomic E-state index is 12.9. The fourth-order valence-electron chi connectivity index (χ4n) is 3.20. The quantitative estimate of drug-likeness (QED) is 0.902. The molecule has 2 aromatic heterocycles. The number of carbonyl (C=O) groups excluding carboxylic acids is 1. The normalized spacial score (nSPS) is 16.8. The van der Waals surface area contributed by atoms with Gasteiger partial charge in [0.2, 0.25) is 0 Å². The summed E-state index contributed by atoms with van der Waals surface area (Å²) in [6, 6.07) is 5.58. The molecule has 2 aromatic rings. The van der Waals surface area contributed by atoms with Crippen LogP contribution in [0.3, 0.4) is 0 Å². The van der Waals surface area contributed by atoms with Crippen LogP contribution in [0.2, 0.25) is 0 Å². The fourth-order valence-corrected chi connectivity index (χ4v) is 3.20. The van der Waals surface area contributed by atoms with E-state index in [1.54, 1.807) is 23.9 Å². The van der Waals surface area contributed by atoms with Gasteiger partial charge in [-0.05, 0) is 49.9 Å². The van der Waals surface area contributed by atoms with Gasteiger partial charge in [0, 0.05) is 31.2 Å². The molecule has 1 aliphatic heterocycles. The van der Waals surface area contributed by atoms with Crippen molar-refractivity contribution in [3.8, 4) is 0 Å². The van der Waals surface area contributed by atoms with Gasteiger partial charge in [-0.25, -0.2) is 0 Å². The average molecular weight is 341 g/mol. The molecule has 1 atom stereocenters. The molecule has 25 heavy (non-hydrogen) atoms. The Morgan fingerprint density at radius 3 is 2.96 bits per heavy atom. The van der Waals surface area contributed by atoms with Gasteiger partial charge in [0.1, 0.15) is 5.56 Å². The van der Waals surface area contributed by atoms with Crippen molar-refractivity contribution >= 4 is 5.91 Å². The van der Waals surface area contributed by atoms with Crippen LogP contribution in [-0.2, 0) is 17.8 Å². The molecule has 6 nitrogen and oxygen atoms in total. The number of hydrogen-bond donors (Lipinski definition) is 1. The molecule has 0 spiro atoms. The van der Waals surface area contributed by atoms with Crippen molar-refractivity contribution in [3.05, 3.63) is 63.3 Å². The third kappa shape index (κ3) is 3.96. The van der Waals surface area contributed by atoms with Gasteiger partial charge in [-0.2, -0.15) is 0 Å². The van der Waals surface area contributed by atoms with Crippen molar-refractivity contribution < 1.29 is 9.53 Å². The lowest BCUT2D eigenvalue weighted by atomic mass is 10.1. The Labute approximate surface area is 146 Å². The highest BCUT2D eigenvalue weighted by atomic mass is 16.5. The summed E-state index contributed by atoms with van der Waals surface area (Å²) in [6.07, 6.45) is 5.38. The van der Waals surface area contributed by atoms with Gasteiger partial charge in [-0.15, -0.1) is 0 Å². The van der Waals surface area contributed by atoms with Gasteiger partial charge < -0.3 is 14.6 Å². The predicted octanol–water partition coefficient (Wildman–Crippen LogP) is 1.97. The lowest BCUT2D eigenvalue weighted by molar-refractivity contribution is 0.0926. The van der Waals surface area contributed by atoms with Gasteiger partial charge >= 0.3 is 0 Å². The van der Waals surface area contributed by atoms with Crippen LogP contribution in [0.15, 0.2) is 35.4 Å². The number of aromatic nitrogens is 2. The number of pyridine rings is 2. The van der Waals surface area contributed by atoms with E-state index in [1.807, 2.05) is 25.1 Å². The summed E-state index contributed by atoms with van der Waals surface area (Å²) in [5.74, 6) is -0.354. The highest BCUT2D eigenvalue weighted by molar-refractivity contribution is 5.95.